The maximum absolute atomic E-state index is 13.1. The number of carbonyl (C=O) groups is 1. The zero-order valence-corrected chi connectivity index (χ0v) is 17.1. The van der Waals surface area contributed by atoms with E-state index in [4.69, 9.17) is 0 Å². The summed E-state index contributed by atoms with van der Waals surface area (Å²) in [4.78, 5) is 25.6. The van der Waals surface area contributed by atoms with Crippen molar-refractivity contribution in [3.05, 3.63) is 52.1 Å². The van der Waals surface area contributed by atoms with Crippen molar-refractivity contribution in [1.29, 1.82) is 0 Å². The normalized spacial score (nSPS) is 12.5. The average molecular weight is 381 g/mol. The van der Waals surface area contributed by atoms with Gasteiger partial charge >= 0.3 is 0 Å². The summed E-state index contributed by atoms with van der Waals surface area (Å²) in [7, 11) is 0. The number of amides is 1. The molecule has 2 aromatic heterocycles. The second-order valence-electron chi connectivity index (χ2n) is 7.54. The Bertz CT molecular complexity index is 1050. The van der Waals surface area contributed by atoms with Gasteiger partial charge in [0.05, 0.1) is 22.5 Å². The fourth-order valence-electron chi connectivity index (χ4n) is 3.21. The SMILES string of the molecule is Cc1nn([C@H](C)C(=O)NCCC(C)C)c(=O)c2c(C)n(-c3ccccc3)nc12. The Morgan fingerprint density at radius 3 is 2.43 bits per heavy atom. The van der Waals surface area contributed by atoms with Crippen LogP contribution in [0.25, 0.3) is 16.6 Å². The van der Waals surface area contributed by atoms with Gasteiger partial charge in [0.25, 0.3) is 5.56 Å². The maximum Gasteiger partial charge on any atom is 0.278 e. The third-order valence-corrected chi connectivity index (χ3v) is 4.91. The lowest BCUT2D eigenvalue weighted by atomic mass is 10.1. The molecule has 0 aliphatic rings. The van der Waals surface area contributed by atoms with Crippen LogP contribution in [0.3, 0.4) is 0 Å². The molecule has 3 aromatic rings. The summed E-state index contributed by atoms with van der Waals surface area (Å²) in [6.45, 7) is 10.2. The van der Waals surface area contributed by atoms with Crippen LogP contribution in [0.4, 0.5) is 0 Å². The van der Waals surface area contributed by atoms with Crippen molar-refractivity contribution in [2.75, 3.05) is 6.54 Å². The zero-order valence-electron chi connectivity index (χ0n) is 17.1. The molecule has 0 unspecified atom stereocenters. The molecule has 1 aromatic carbocycles. The fourth-order valence-corrected chi connectivity index (χ4v) is 3.21. The van der Waals surface area contributed by atoms with Crippen LogP contribution in [-0.4, -0.2) is 32.0 Å². The van der Waals surface area contributed by atoms with Gasteiger partial charge in [-0.3, -0.25) is 9.59 Å². The van der Waals surface area contributed by atoms with Crippen LogP contribution in [0, 0.1) is 19.8 Å². The van der Waals surface area contributed by atoms with Crippen molar-refractivity contribution in [3.63, 3.8) is 0 Å². The lowest BCUT2D eigenvalue weighted by molar-refractivity contribution is -0.124. The summed E-state index contributed by atoms with van der Waals surface area (Å²) in [5, 5.41) is 12.4. The number of aryl methyl sites for hydroxylation is 2. The Kier molecular flexibility index (Phi) is 5.63. The first-order valence-corrected chi connectivity index (χ1v) is 9.63. The standard InChI is InChI=1S/C21H27N5O2/c1-13(2)11-12-22-20(27)16(5)26-21(28)18-15(4)25(17-9-7-6-8-10-17)24-19(18)14(3)23-26/h6-10,13,16H,11-12H2,1-5H3,(H,22,27)/t16-/m1/s1. The lowest BCUT2D eigenvalue weighted by Crippen LogP contribution is -2.38. The first-order chi connectivity index (χ1) is 13.3. The predicted molar refractivity (Wildman–Crippen MR) is 110 cm³/mol. The molecular formula is C21H27N5O2. The molecule has 1 N–H and O–H groups in total. The predicted octanol–water partition coefficient (Wildman–Crippen LogP) is 2.92. The second-order valence-corrected chi connectivity index (χ2v) is 7.54. The van der Waals surface area contributed by atoms with Gasteiger partial charge in [-0.2, -0.15) is 10.2 Å². The van der Waals surface area contributed by atoms with E-state index in [9.17, 15) is 9.59 Å². The molecule has 7 nitrogen and oxygen atoms in total. The third kappa shape index (κ3) is 3.69. The van der Waals surface area contributed by atoms with E-state index >= 15 is 0 Å². The van der Waals surface area contributed by atoms with Crippen LogP contribution < -0.4 is 10.9 Å². The van der Waals surface area contributed by atoms with Gasteiger partial charge in [-0.05, 0) is 45.2 Å². The van der Waals surface area contributed by atoms with Gasteiger partial charge in [0, 0.05) is 6.54 Å². The quantitative estimate of drug-likeness (QED) is 0.712. The molecule has 0 aliphatic carbocycles. The van der Waals surface area contributed by atoms with Gasteiger partial charge in [-0.15, -0.1) is 0 Å². The number of carbonyl (C=O) groups excluding carboxylic acids is 1. The number of para-hydroxylation sites is 1. The molecule has 1 atom stereocenters. The number of aromatic nitrogens is 4. The number of fused-ring (bicyclic) bond motifs is 1. The Hall–Kier alpha value is -2.96. The molecule has 2 heterocycles. The van der Waals surface area contributed by atoms with Crippen LogP contribution in [0.5, 0.6) is 0 Å². The molecule has 1 amide bonds. The van der Waals surface area contributed by atoms with Gasteiger partial charge < -0.3 is 5.32 Å². The smallest absolute Gasteiger partial charge is 0.278 e. The van der Waals surface area contributed by atoms with Gasteiger partial charge in [0.2, 0.25) is 5.91 Å². The second kappa shape index (κ2) is 7.96. The Morgan fingerprint density at radius 2 is 1.79 bits per heavy atom. The van der Waals surface area contributed by atoms with Crippen molar-refractivity contribution >= 4 is 16.8 Å². The molecule has 0 spiro atoms. The summed E-state index contributed by atoms with van der Waals surface area (Å²) >= 11 is 0. The largest absolute Gasteiger partial charge is 0.354 e. The minimum Gasteiger partial charge on any atom is -0.354 e. The molecule has 148 valence electrons. The first kappa shape index (κ1) is 19.8. The monoisotopic (exact) mass is 381 g/mol. The van der Waals surface area contributed by atoms with E-state index in [1.807, 2.05) is 44.2 Å². The topological polar surface area (TPSA) is 81.8 Å². The van der Waals surface area contributed by atoms with Crippen LogP contribution >= 0.6 is 0 Å². The van der Waals surface area contributed by atoms with Crippen molar-refractivity contribution < 1.29 is 4.79 Å². The van der Waals surface area contributed by atoms with E-state index in [0.29, 0.717) is 29.1 Å². The highest BCUT2D eigenvalue weighted by Crippen LogP contribution is 2.20. The van der Waals surface area contributed by atoms with Crippen molar-refractivity contribution in [2.24, 2.45) is 5.92 Å². The summed E-state index contributed by atoms with van der Waals surface area (Å²) in [5.74, 6) is 0.295. The number of benzene rings is 1. The highest BCUT2D eigenvalue weighted by molar-refractivity contribution is 5.84. The molecule has 3 rings (SSSR count). The highest BCUT2D eigenvalue weighted by atomic mass is 16.2. The van der Waals surface area contributed by atoms with Crippen LogP contribution in [0.2, 0.25) is 0 Å². The van der Waals surface area contributed by atoms with E-state index in [0.717, 1.165) is 17.8 Å². The summed E-state index contributed by atoms with van der Waals surface area (Å²) in [6, 6.07) is 8.96. The molecule has 0 radical (unpaired) electrons. The van der Waals surface area contributed by atoms with Crippen LogP contribution in [-0.2, 0) is 4.79 Å². The first-order valence-electron chi connectivity index (χ1n) is 9.63. The minimum absolute atomic E-state index is 0.206. The molecule has 28 heavy (non-hydrogen) atoms. The molecule has 0 fully saturated rings. The molecule has 0 aliphatic heterocycles. The average Bonchev–Trinajstić information content (AvgIpc) is 3.02. The van der Waals surface area contributed by atoms with E-state index < -0.39 is 6.04 Å². The number of rotatable bonds is 6. The number of hydrogen-bond donors (Lipinski definition) is 1. The highest BCUT2D eigenvalue weighted by Gasteiger charge is 2.23. The van der Waals surface area contributed by atoms with Crippen molar-refractivity contribution in [3.8, 4) is 5.69 Å². The van der Waals surface area contributed by atoms with Gasteiger partial charge in [0.1, 0.15) is 11.6 Å². The molecule has 0 saturated carbocycles. The maximum atomic E-state index is 13.1. The number of nitrogens with zero attached hydrogens (tertiary/aromatic N) is 4. The Balaban J connectivity index is 2.02. The zero-order chi connectivity index (χ0) is 20.4. The van der Waals surface area contributed by atoms with E-state index in [-0.39, 0.29) is 11.5 Å². The minimum atomic E-state index is -0.692. The lowest BCUT2D eigenvalue weighted by Gasteiger charge is -2.15. The van der Waals surface area contributed by atoms with E-state index in [1.165, 1.54) is 4.68 Å². The summed E-state index contributed by atoms with van der Waals surface area (Å²) < 4.78 is 3.02. The third-order valence-electron chi connectivity index (χ3n) is 4.91. The summed E-state index contributed by atoms with van der Waals surface area (Å²) in [5.41, 5.74) is 2.50. The van der Waals surface area contributed by atoms with Crippen molar-refractivity contribution in [2.45, 2.75) is 47.1 Å². The van der Waals surface area contributed by atoms with Gasteiger partial charge in [-0.1, -0.05) is 32.0 Å². The molecule has 0 bridgehead atoms. The van der Waals surface area contributed by atoms with E-state index in [1.54, 1.807) is 11.6 Å². The van der Waals surface area contributed by atoms with Gasteiger partial charge in [0.15, 0.2) is 0 Å². The Labute approximate surface area is 164 Å². The Morgan fingerprint density at radius 1 is 1.11 bits per heavy atom. The molecule has 0 saturated heterocycles. The number of hydrogen-bond acceptors (Lipinski definition) is 4. The molecular weight excluding hydrogens is 354 g/mol. The van der Waals surface area contributed by atoms with E-state index in [2.05, 4.69) is 29.4 Å². The number of nitrogens with one attached hydrogen (secondary N) is 1. The fraction of sp³-hybridized carbons (Fsp3) is 0.429. The van der Waals surface area contributed by atoms with Crippen LogP contribution in [0.1, 0.15) is 44.6 Å². The molecule has 7 heteroatoms. The van der Waals surface area contributed by atoms with Crippen molar-refractivity contribution in [1.82, 2.24) is 24.9 Å². The van der Waals surface area contributed by atoms with Gasteiger partial charge in [-0.25, -0.2) is 9.36 Å². The summed E-state index contributed by atoms with van der Waals surface area (Å²) in [6.07, 6.45) is 0.891. The van der Waals surface area contributed by atoms with Crippen LogP contribution in [0.15, 0.2) is 35.1 Å².